The number of hydrogen-bond donors (Lipinski definition) is 0. The molecule has 0 unspecified atom stereocenters. The summed E-state index contributed by atoms with van der Waals surface area (Å²) in [4.78, 5) is 16.2. The van der Waals surface area contributed by atoms with Gasteiger partial charge in [0.05, 0.1) is 12.3 Å². The van der Waals surface area contributed by atoms with Crippen molar-refractivity contribution < 1.29 is 18.3 Å². The summed E-state index contributed by atoms with van der Waals surface area (Å²) in [6.45, 7) is 4.63. The molecule has 0 aliphatic carbocycles. The van der Waals surface area contributed by atoms with E-state index in [9.17, 15) is 13.6 Å². The molecule has 0 spiro atoms. The van der Waals surface area contributed by atoms with Crippen molar-refractivity contribution in [1.29, 1.82) is 0 Å². The van der Waals surface area contributed by atoms with Crippen molar-refractivity contribution in [2.24, 2.45) is 0 Å². The quantitative estimate of drug-likeness (QED) is 0.624. The summed E-state index contributed by atoms with van der Waals surface area (Å²) in [5.41, 5.74) is 1.86. The molecule has 160 valence electrons. The first-order chi connectivity index (χ1) is 15.0. The third kappa shape index (κ3) is 4.63. The first-order valence-corrected chi connectivity index (χ1v) is 10.1. The lowest BCUT2D eigenvalue weighted by molar-refractivity contribution is 0.0746. The summed E-state index contributed by atoms with van der Waals surface area (Å²) in [7, 11) is 0. The number of hydrogen-bond acceptors (Lipinski definition) is 5. The van der Waals surface area contributed by atoms with E-state index in [1.165, 1.54) is 6.07 Å². The second-order valence-corrected chi connectivity index (χ2v) is 7.14. The maximum Gasteiger partial charge on any atom is 0.254 e. The third-order valence-electron chi connectivity index (χ3n) is 5.17. The van der Waals surface area contributed by atoms with E-state index in [0.29, 0.717) is 32.8 Å². The number of benzene rings is 2. The predicted molar refractivity (Wildman–Crippen MR) is 113 cm³/mol. The van der Waals surface area contributed by atoms with Crippen LogP contribution in [0.2, 0.25) is 0 Å². The summed E-state index contributed by atoms with van der Waals surface area (Å²) in [6.07, 6.45) is 0. The zero-order chi connectivity index (χ0) is 21.8. The Morgan fingerprint density at radius 3 is 2.29 bits per heavy atom. The smallest absolute Gasteiger partial charge is 0.254 e. The highest BCUT2D eigenvalue weighted by molar-refractivity contribution is 5.94. The SMILES string of the molecule is CCOc1ccc(-c2ccc(N3CCN(C(=O)c4ccc(F)c(F)c4)CC3)nn2)cc1. The lowest BCUT2D eigenvalue weighted by Gasteiger charge is -2.35. The summed E-state index contributed by atoms with van der Waals surface area (Å²) < 4.78 is 32.0. The Hall–Kier alpha value is -3.55. The minimum atomic E-state index is -1.02. The van der Waals surface area contributed by atoms with Crippen molar-refractivity contribution in [3.05, 3.63) is 71.8 Å². The predicted octanol–water partition coefficient (Wildman–Crippen LogP) is 3.78. The van der Waals surface area contributed by atoms with E-state index >= 15 is 0 Å². The van der Waals surface area contributed by atoms with E-state index in [1.54, 1.807) is 4.90 Å². The number of piperazine rings is 1. The summed E-state index contributed by atoms with van der Waals surface area (Å²) in [6, 6.07) is 14.7. The molecule has 0 saturated carbocycles. The van der Waals surface area contributed by atoms with E-state index in [1.807, 2.05) is 48.2 Å². The number of nitrogens with zero attached hydrogens (tertiary/aromatic N) is 4. The maximum atomic E-state index is 13.4. The van der Waals surface area contributed by atoms with Crippen LogP contribution >= 0.6 is 0 Å². The molecule has 1 aromatic heterocycles. The summed E-state index contributed by atoms with van der Waals surface area (Å²) >= 11 is 0. The van der Waals surface area contributed by atoms with E-state index in [2.05, 4.69) is 10.2 Å². The van der Waals surface area contributed by atoms with Crippen LogP contribution < -0.4 is 9.64 Å². The van der Waals surface area contributed by atoms with Crippen molar-refractivity contribution in [3.8, 4) is 17.0 Å². The number of ether oxygens (including phenoxy) is 1. The molecular weight excluding hydrogens is 402 g/mol. The third-order valence-corrected chi connectivity index (χ3v) is 5.17. The Bertz CT molecular complexity index is 1050. The van der Waals surface area contributed by atoms with Gasteiger partial charge in [-0.1, -0.05) is 0 Å². The van der Waals surface area contributed by atoms with Gasteiger partial charge in [0.25, 0.3) is 5.91 Å². The van der Waals surface area contributed by atoms with Crippen molar-refractivity contribution in [1.82, 2.24) is 15.1 Å². The lowest BCUT2D eigenvalue weighted by Crippen LogP contribution is -2.49. The van der Waals surface area contributed by atoms with Gasteiger partial charge < -0.3 is 14.5 Å². The fourth-order valence-electron chi connectivity index (χ4n) is 3.49. The largest absolute Gasteiger partial charge is 0.494 e. The van der Waals surface area contributed by atoms with Gasteiger partial charge in [-0.25, -0.2) is 8.78 Å². The average Bonchev–Trinajstić information content (AvgIpc) is 2.81. The molecule has 1 fully saturated rings. The number of carbonyl (C=O) groups is 1. The van der Waals surface area contributed by atoms with E-state index in [-0.39, 0.29) is 11.5 Å². The second kappa shape index (κ2) is 9.07. The number of anilines is 1. The second-order valence-electron chi connectivity index (χ2n) is 7.14. The molecule has 1 amide bonds. The monoisotopic (exact) mass is 424 g/mol. The van der Waals surface area contributed by atoms with Crippen LogP contribution in [-0.2, 0) is 0 Å². The number of amides is 1. The molecule has 0 bridgehead atoms. The molecule has 4 rings (SSSR count). The first-order valence-electron chi connectivity index (χ1n) is 10.1. The van der Waals surface area contributed by atoms with Gasteiger partial charge in [0.1, 0.15) is 5.75 Å². The average molecular weight is 424 g/mol. The normalized spacial score (nSPS) is 13.9. The minimum Gasteiger partial charge on any atom is -0.494 e. The van der Waals surface area contributed by atoms with Crippen LogP contribution in [0.3, 0.4) is 0 Å². The van der Waals surface area contributed by atoms with Gasteiger partial charge in [0.15, 0.2) is 17.5 Å². The van der Waals surface area contributed by atoms with Gasteiger partial charge in [-0.3, -0.25) is 4.79 Å². The standard InChI is InChI=1S/C23H22F2N4O2/c1-2-31-18-6-3-16(4-7-18)21-9-10-22(27-26-21)28-11-13-29(14-12-28)23(30)17-5-8-19(24)20(25)15-17/h3-10,15H,2,11-14H2,1H3. The Kier molecular flexibility index (Phi) is 6.06. The minimum absolute atomic E-state index is 0.145. The molecule has 0 N–H and O–H groups in total. The molecule has 8 heteroatoms. The maximum absolute atomic E-state index is 13.4. The van der Waals surface area contributed by atoms with Gasteiger partial charge in [0, 0.05) is 37.3 Å². The summed E-state index contributed by atoms with van der Waals surface area (Å²) in [5.74, 6) is -0.752. The van der Waals surface area contributed by atoms with Crippen LogP contribution in [0, 0.1) is 11.6 Å². The summed E-state index contributed by atoms with van der Waals surface area (Å²) in [5, 5.41) is 8.67. The number of halogens is 2. The molecule has 1 aliphatic rings. The van der Waals surface area contributed by atoms with Gasteiger partial charge in [-0.05, 0) is 61.5 Å². The number of rotatable bonds is 5. The molecule has 1 aliphatic heterocycles. The zero-order valence-electron chi connectivity index (χ0n) is 17.1. The van der Waals surface area contributed by atoms with E-state index < -0.39 is 11.6 Å². The van der Waals surface area contributed by atoms with E-state index in [4.69, 9.17) is 4.74 Å². The molecule has 1 saturated heterocycles. The number of carbonyl (C=O) groups excluding carboxylic acids is 1. The Morgan fingerprint density at radius 1 is 0.935 bits per heavy atom. The highest BCUT2D eigenvalue weighted by Crippen LogP contribution is 2.22. The molecule has 31 heavy (non-hydrogen) atoms. The Morgan fingerprint density at radius 2 is 1.68 bits per heavy atom. The van der Waals surface area contributed by atoms with Crippen molar-refractivity contribution in [2.45, 2.75) is 6.92 Å². The fourth-order valence-corrected chi connectivity index (χ4v) is 3.49. The van der Waals surface area contributed by atoms with Gasteiger partial charge >= 0.3 is 0 Å². The Balaban J connectivity index is 1.37. The molecule has 0 radical (unpaired) electrons. The van der Waals surface area contributed by atoms with Crippen LogP contribution in [-0.4, -0.2) is 53.8 Å². The molecule has 2 aromatic carbocycles. The number of aromatic nitrogens is 2. The van der Waals surface area contributed by atoms with Crippen LogP contribution in [0.4, 0.5) is 14.6 Å². The van der Waals surface area contributed by atoms with Gasteiger partial charge in [-0.15, -0.1) is 10.2 Å². The molecule has 0 atom stereocenters. The lowest BCUT2D eigenvalue weighted by atomic mass is 10.1. The van der Waals surface area contributed by atoms with Crippen LogP contribution in [0.5, 0.6) is 5.75 Å². The zero-order valence-corrected chi connectivity index (χ0v) is 17.1. The Labute approximate surface area is 179 Å². The van der Waals surface area contributed by atoms with E-state index in [0.717, 1.165) is 35.0 Å². The van der Waals surface area contributed by atoms with Crippen LogP contribution in [0.1, 0.15) is 17.3 Å². The first kappa shape index (κ1) is 20.7. The molecule has 6 nitrogen and oxygen atoms in total. The molecular formula is C23H22F2N4O2. The molecule has 3 aromatic rings. The van der Waals surface area contributed by atoms with Crippen molar-refractivity contribution >= 4 is 11.7 Å². The van der Waals surface area contributed by atoms with Crippen molar-refractivity contribution in [2.75, 3.05) is 37.7 Å². The van der Waals surface area contributed by atoms with Crippen LogP contribution in [0.25, 0.3) is 11.3 Å². The highest BCUT2D eigenvalue weighted by atomic mass is 19.2. The van der Waals surface area contributed by atoms with Gasteiger partial charge in [0.2, 0.25) is 0 Å². The fraction of sp³-hybridized carbons (Fsp3) is 0.261. The topological polar surface area (TPSA) is 58.6 Å². The van der Waals surface area contributed by atoms with Crippen molar-refractivity contribution in [3.63, 3.8) is 0 Å². The molecule has 2 heterocycles. The van der Waals surface area contributed by atoms with Crippen LogP contribution in [0.15, 0.2) is 54.6 Å². The van der Waals surface area contributed by atoms with Gasteiger partial charge in [-0.2, -0.15) is 0 Å². The highest BCUT2D eigenvalue weighted by Gasteiger charge is 2.23.